The van der Waals surface area contributed by atoms with Crippen LogP contribution in [0.25, 0.3) is 0 Å². The summed E-state index contributed by atoms with van der Waals surface area (Å²) < 4.78 is 0. The largest absolute Gasteiger partial charge is 0.350 e. The van der Waals surface area contributed by atoms with E-state index >= 15 is 0 Å². The normalized spacial score (nSPS) is 16.5. The predicted octanol–water partition coefficient (Wildman–Crippen LogP) is 2.74. The van der Waals surface area contributed by atoms with E-state index in [2.05, 4.69) is 30.5 Å². The second-order valence-corrected chi connectivity index (χ2v) is 6.43. The van der Waals surface area contributed by atoms with E-state index < -0.39 is 0 Å². The van der Waals surface area contributed by atoms with Gasteiger partial charge >= 0.3 is 0 Å². The lowest BCUT2D eigenvalue weighted by atomic mass is 10.1. The molecule has 3 nitrogen and oxygen atoms in total. The molecule has 0 aromatic carbocycles. The molecule has 1 aliphatic carbocycles. The van der Waals surface area contributed by atoms with Gasteiger partial charge < -0.3 is 10.6 Å². The van der Waals surface area contributed by atoms with Crippen molar-refractivity contribution in [2.24, 2.45) is 0 Å². The Hall–Kier alpha value is -0.870. The van der Waals surface area contributed by atoms with Gasteiger partial charge in [-0.05, 0) is 50.8 Å². The Labute approximate surface area is 119 Å². The van der Waals surface area contributed by atoms with Crippen LogP contribution in [-0.2, 0) is 12.8 Å². The molecule has 0 radical (unpaired) electrons. The van der Waals surface area contributed by atoms with Crippen molar-refractivity contribution in [2.75, 3.05) is 13.1 Å². The van der Waals surface area contributed by atoms with Crippen LogP contribution in [0.4, 0.5) is 0 Å². The summed E-state index contributed by atoms with van der Waals surface area (Å²) in [6.07, 6.45) is 6.16. The second-order valence-electron chi connectivity index (χ2n) is 5.29. The summed E-state index contributed by atoms with van der Waals surface area (Å²) in [5, 5.41) is 6.32. The molecule has 1 amide bonds. The minimum absolute atomic E-state index is 0.0860. The molecule has 2 rings (SSSR count). The summed E-state index contributed by atoms with van der Waals surface area (Å²) in [5.74, 6) is 0.0860. The van der Waals surface area contributed by atoms with Crippen molar-refractivity contribution in [2.45, 2.75) is 52.0 Å². The van der Waals surface area contributed by atoms with Crippen molar-refractivity contribution in [1.29, 1.82) is 0 Å². The van der Waals surface area contributed by atoms with Crippen LogP contribution < -0.4 is 10.6 Å². The van der Waals surface area contributed by atoms with Gasteiger partial charge in [0.2, 0.25) is 0 Å². The van der Waals surface area contributed by atoms with E-state index in [0.717, 1.165) is 24.3 Å². The lowest BCUT2D eigenvalue weighted by Gasteiger charge is -2.12. The van der Waals surface area contributed by atoms with E-state index in [9.17, 15) is 4.79 Å². The van der Waals surface area contributed by atoms with E-state index in [4.69, 9.17) is 0 Å². The van der Waals surface area contributed by atoms with Crippen LogP contribution in [0.2, 0.25) is 0 Å². The first-order chi connectivity index (χ1) is 9.20. The molecular formula is C15H24N2OS. The van der Waals surface area contributed by atoms with Gasteiger partial charge in [-0.15, -0.1) is 11.3 Å². The average molecular weight is 280 g/mol. The zero-order valence-electron chi connectivity index (χ0n) is 11.9. The van der Waals surface area contributed by atoms with E-state index in [1.54, 1.807) is 11.3 Å². The number of nitrogens with one attached hydrogen (secondary N) is 2. The summed E-state index contributed by atoms with van der Waals surface area (Å²) in [4.78, 5) is 14.4. The van der Waals surface area contributed by atoms with Crippen LogP contribution in [0.15, 0.2) is 6.07 Å². The SMILES string of the molecule is CCN[C@H](C)CNC(=O)c1cc2c(s1)CCCCC2. The Morgan fingerprint density at radius 3 is 2.95 bits per heavy atom. The van der Waals surface area contributed by atoms with E-state index in [-0.39, 0.29) is 5.91 Å². The van der Waals surface area contributed by atoms with E-state index in [1.165, 1.54) is 29.7 Å². The van der Waals surface area contributed by atoms with Crippen LogP contribution >= 0.6 is 11.3 Å². The maximum atomic E-state index is 12.1. The van der Waals surface area contributed by atoms with Crippen LogP contribution in [0.3, 0.4) is 0 Å². The molecule has 1 aromatic heterocycles. The molecule has 1 atom stereocenters. The number of carbonyl (C=O) groups excluding carboxylic acids is 1. The number of likely N-dealkylation sites (N-methyl/N-ethyl adjacent to an activating group) is 1. The van der Waals surface area contributed by atoms with Crippen LogP contribution in [0.1, 0.15) is 53.2 Å². The molecule has 2 N–H and O–H groups in total. The number of thiophene rings is 1. The van der Waals surface area contributed by atoms with Gasteiger partial charge in [0, 0.05) is 17.5 Å². The summed E-state index contributed by atoms with van der Waals surface area (Å²) >= 11 is 1.69. The maximum absolute atomic E-state index is 12.1. The van der Waals surface area contributed by atoms with Gasteiger partial charge in [-0.2, -0.15) is 0 Å². The van der Waals surface area contributed by atoms with Gasteiger partial charge in [-0.25, -0.2) is 0 Å². The molecule has 1 aliphatic rings. The molecule has 0 aliphatic heterocycles. The lowest BCUT2D eigenvalue weighted by Crippen LogP contribution is -2.38. The zero-order chi connectivity index (χ0) is 13.7. The summed E-state index contributed by atoms with van der Waals surface area (Å²) in [6, 6.07) is 2.44. The highest BCUT2D eigenvalue weighted by molar-refractivity contribution is 7.14. The number of aryl methyl sites for hydroxylation is 2. The maximum Gasteiger partial charge on any atom is 0.261 e. The number of hydrogen-bond donors (Lipinski definition) is 2. The zero-order valence-corrected chi connectivity index (χ0v) is 12.7. The number of hydrogen-bond acceptors (Lipinski definition) is 3. The van der Waals surface area contributed by atoms with Crippen molar-refractivity contribution in [3.05, 3.63) is 21.4 Å². The van der Waals surface area contributed by atoms with Crippen molar-refractivity contribution in [1.82, 2.24) is 10.6 Å². The summed E-state index contributed by atoms with van der Waals surface area (Å²) in [7, 11) is 0. The molecule has 0 saturated carbocycles. The highest BCUT2D eigenvalue weighted by atomic mass is 32.1. The van der Waals surface area contributed by atoms with Gasteiger partial charge in [0.05, 0.1) is 4.88 Å². The second kappa shape index (κ2) is 7.06. The quantitative estimate of drug-likeness (QED) is 0.814. The molecule has 0 bridgehead atoms. The smallest absolute Gasteiger partial charge is 0.261 e. The fourth-order valence-electron chi connectivity index (χ4n) is 2.53. The van der Waals surface area contributed by atoms with Gasteiger partial charge in [-0.3, -0.25) is 4.79 Å². The molecule has 0 fully saturated rings. The van der Waals surface area contributed by atoms with Crippen molar-refractivity contribution in [3.8, 4) is 0 Å². The van der Waals surface area contributed by atoms with Gasteiger partial charge in [0.25, 0.3) is 5.91 Å². The van der Waals surface area contributed by atoms with Crippen LogP contribution in [0, 0.1) is 0 Å². The molecule has 0 saturated heterocycles. The highest BCUT2D eigenvalue weighted by Crippen LogP contribution is 2.28. The highest BCUT2D eigenvalue weighted by Gasteiger charge is 2.16. The fourth-order valence-corrected chi connectivity index (χ4v) is 3.70. The average Bonchev–Trinajstić information content (AvgIpc) is 2.68. The summed E-state index contributed by atoms with van der Waals surface area (Å²) in [5.41, 5.74) is 1.41. The third-order valence-corrected chi connectivity index (χ3v) is 4.83. The Morgan fingerprint density at radius 2 is 2.16 bits per heavy atom. The van der Waals surface area contributed by atoms with Gasteiger partial charge in [0.1, 0.15) is 0 Å². The van der Waals surface area contributed by atoms with Gasteiger partial charge in [-0.1, -0.05) is 13.3 Å². The Kier molecular flexibility index (Phi) is 5.40. The standard InChI is InChI=1S/C15H24N2OS/c1-3-16-11(2)10-17-15(18)14-9-12-7-5-4-6-8-13(12)19-14/h9,11,16H,3-8,10H2,1-2H3,(H,17,18)/t11-/m1/s1. The molecule has 0 unspecified atom stereocenters. The molecule has 4 heteroatoms. The number of amides is 1. The summed E-state index contributed by atoms with van der Waals surface area (Å²) in [6.45, 7) is 5.79. The monoisotopic (exact) mass is 280 g/mol. The molecule has 1 aromatic rings. The molecule has 1 heterocycles. The molecule has 19 heavy (non-hydrogen) atoms. The number of fused-ring (bicyclic) bond motifs is 1. The number of rotatable bonds is 5. The Morgan fingerprint density at radius 1 is 1.37 bits per heavy atom. The molecule has 0 spiro atoms. The first-order valence-corrected chi connectivity index (χ1v) is 8.15. The van der Waals surface area contributed by atoms with Crippen LogP contribution in [0.5, 0.6) is 0 Å². The first-order valence-electron chi connectivity index (χ1n) is 7.34. The third-order valence-electron chi connectivity index (χ3n) is 3.59. The van der Waals surface area contributed by atoms with Gasteiger partial charge in [0.15, 0.2) is 0 Å². The number of carbonyl (C=O) groups is 1. The van der Waals surface area contributed by atoms with E-state index in [1.807, 2.05) is 0 Å². The lowest BCUT2D eigenvalue weighted by molar-refractivity contribution is 0.0954. The molecule has 106 valence electrons. The van der Waals surface area contributed by atoms with Crippen molar-refractivity contribution < 1.29 is 4.79 Å². The Balaban J connectivity index is 1.92. The third kappa shape index (κ3) is 4.05. The topological polar surface area (TPSA) is 41.1 Å². The predicted molar refractivity (Wildman–Crippen MR) is 81.0 cm³/mol. The minimum atomic E-state index is 0.0860. The van der Waals surface area contributed by atoms with Crippen LogP contribution in [-0.4, -0.2) is 25.0 Å². The van der Waals surface area contributed by atoms with E-state index in [0.29, 0.717) is 12.6 Å². The minimum Gasteiger partial charge on any atom is -0.350 e. The van der Waals surface area contributed by atoms with Crippen molar-refractivity contribution in [3.63, 3.8) is 0 Å². The molecular weight excluding hydrogens is 256 g/mol. The Bertz CT molecular complexity index is 404. The first kappa shape index (κ1) is 14.5. The fraction of sp³-hybridized carbons (Fsp3) is 0.667. The van der Waals surface area contributed by atoms with Crippen molar-refractivity contribution >= 4 is 17.2 Å².